The number of hydrogen-bond donors (Lipinski definition) is 1. The Morgan fingerprint density at radius 1 is 1.28 bits per heavy atom. The van der Waals surface area contributed by atoms with Crippen LogP contribution in [0.1, 0.15) is 46.5 Å². The van der Waals surface area contributed by atoms with Crippen molar-refractivity contribution in [3.8, 4) is 0 Å². The molecule has 1 aliphatic heterocycles. The number of hydrogen-bond acceptors (Lipinski definition) is 3. The van der Waals surface area contributed by atoms with E-state index in [4.69, 9.17) is 4.74 Å². The van der Waals surface area contributed by atoms with Crippen LogP contribution in [0, 0.1) is 5.41 Å². The second kappa shape index (κ2) is 4.72. The Labute approximate surface area is 110 Å². The second-order valence-electron chi connectivity index (χ2n) is 6.71. The summed E-state index contributed by atoms with van der Waals surface area (Å²) in [5.74, 6) is 0. The summed E-state index contributed by atoms with van der Waals surface area (Å²) in [6.45, 7) is 7.43. The van der Waals surface area contributed by atoms with Gasteiger partial charge in [-0.25, -0.2) is 4.79 Å². The standard InChI is InChI=1S/C14H26N2O2/c1-13(2,3)18-12(17)16-9-7-14(8-10-16)6-5-11(14)15-4/h11,15H,5-10H2,1-4H3. The molecule has 2 fully saturated rings. The zero-order valence-electron chi connectivity index (χ0n) is 12.1. The molecular weight excluding hydrogens is 228 g/mol. The van der Waals surface area contributed by atoms with Crippen LogP contribution in [0.5, 0.6) is 0 Å². The summed E-state index contributed by atoms with van der Waals surface area (Å²) >= 11 is 0. The molecule has 1 heterocycles. The maximum atomic E-state index is 12.0. The Hall–Kier alpha value is -0.770. The van der Waals surface area contributed by atoms with Gasteiger partial charge in [0.15, 0.2) is 0 Å². The number of amides is 1. The molecule has 0 aromatic carbocycles. The van der Waals surface area contributed by atoms with Gasteiger partial charge >= 0.3 is 6.09 Å². The van der Waals surface area contributed by atoms with Gasteiger partial charge in [0.05, 0.1) is 0 Å². The van der Waals surface area contributed by atoms with E-state index in [1.54, 1.807) is 0 Å². The minimum atomic E-state index is -0.393. The molecule has 2 rings (SSSR count). The van der Waals surface area contributed by atoms with Crippen molar-refractivity contribution in [2.45, 2.75) is 58.1 Å². The Kier molecular flexibility index (Phi) is 3.58. The molecule has 0 radical (unpaired) electrons. The van der Waals surface area contributed by atoms with Gasteiger partial charge in [0.25, 0.3) is 0 Å². The van der Waals surface area contributed by atoms with Gasteiger partial charge in [-0.3, -0.25) is 0 Å². The molecule has 1 amide bonds. The molecule has 1 atom stereocenters. The smallest absolute Gasteiger partial charge is 0.410 e. The Morgan fingerprint density at radius 2 is 1.89 bits per heavy atom. The van der Waals surface area contributed by atoms with E-state index in [-0.39, 0.29) is 6.09 Å². The molecule has 1 N–H and O–H groups in total. The Morgan fingerprint density at radius 3 is 2.28 bits per heavy atom. The molecular formula is C14H26N2O2. The van der Waals surface area contributed by atoms with Gasteiger partial charge in [0.2, 0.25) is 0 Å². The third-order valence-electron chi connectivity index (χ3n) is 4.43. The van der Waals surface area contributed by atoms with E-state index in [9.17, 15) is 4.79 Å². The lowest BCUT2D eigenvalue weighted by Crippen LogP contribution is -2.58. The fourth-order valence-corrected chi connectivity index (χ4v) is 3.21. The molecule has 1 unspecified atom stereocenters. The topological polar surface area (TPSA) is 41.6 Å². The van der Waals surface area contributed by atoms with Gasteiger partial charge in [0.1, 0.15) is 5.60 Å². The second-order valence-corrected chi connectivity index (χ2v) is 6.71. The van der Waals surface area contributed by atoms with E-state index in [1.807, 2.05) is 32.7 Å². The predicted octanol–water partition coefficient (Wildman–Crippen LogP) is 2.39. The SMILES string of the molecule is CNC1CCC12CCN(C(=O)OC(C)(C)C)CC2. The third kappa shape index (κ3) is 2.63. The lowest BCUT2D eigenvalue weighted by Gasteiger charge is -2.53. The van der Waals surface area contributed by atoms with Crippen molar-refractivity contribution in [3.05, 3.63) is 0 Å². The third-order valence-corrected chi connectivity index (χ3v) is 4.43. The van der Waals surface area contributed by atoms with Crippen LogP contribution in [-0.4, -0.2) is 42.8 Å². The first kappa shape index (κ1) is 13.7. The van der Waals surface area contributed by atoms with Crippen molar-refractivity contribution in [2.75, 3.05) is 20.1 Å². The summed E-state index contributed by atoms with van der Waals surface area (Å²) in [4.78, 5) is 13.8. The minimum Gasteiger partial charge on any atom is -0.444 e. The summed E-state index contributed by atoms with van der Waals surface area (Å²) in [6, 6.07) is 0.651. The highest BCUT2D eigenvalue weighted by Gasteiger charge is 2.48. The van der Waals surface area contributed by atoms with E-state index in [0.717, 1.165) is 25.9 Å². The van der Waals surface area contributed by atoms with E-state index < -0.39 is 5.60 Å². The van der Waals surface area contributed by atoms with E-state index >= 15 is 0 Å². The summed E-state index contributed by atoms with van der Waals surface area (Å²) in [6.07, 6.45) is 4.65. The zero-order chi connectivity index (χ0) is 13.4. The summed E-state index contributed by atoms with van der Waals surface area (Å²) < 4.78 is 5.42. The summed E-state index contributed by atoms with van der Waals surface area (Å²) in [5, 5.41) is 3.41. The number of nitrogens with zero attached hydrogens (tertiary/aromatic N) is 1. The Balaban J connectivity index is 1.85. The highest BCUT2D eigenvalue weighted by molar-refractivity contribution is 5.68. The van der Waals surface area contributed by atoms with Gasteiger partial charge in [-0.1, -0.05) is 0 Å². The molecule has 4 heteroatoms. The van der Waals surface area contributed by atoms with Crippen LogP contribution < -0.4 is 5.32 Å². The average molecular weight is 254 g/mol. The normalized spacial score (nSPS) is 26.9. The van der Waals surface area contributed by atoms with Crippen molar-refractivity contribution < 1.29 is 9.53 Å². The van der Waals surface area contributed by atoms with Gasteiger partial charge < -0.3 is 15.0 Å². The number of carbonyl (C=O) groups excluding carboxylic acids is 1. The quantitative estimate of drug-likeness (QED) is 0.781. The summed E-state index contributed by atoms with van der Waals surface area (Å²) in [5.41, 5.74) is 0.0590. The molecule has 18 heavy (non-hydrogen) atoms. The predicted molar refractivity (Wildman–Crippen MR) is 71.6 cm³/mol. The molecule has 0 aromatic rings. The molecule has 1 saturated carbocycles. The number of ether oxygens (including phenoxy) is 1. The van der Waals surface area contributed by atoms with E-state index in [0.29, 0.717) is 11.5 Å². The largest absolute Gasteiger partial charge is 0.444 e. The minimum absolute atomic E-state index is 0.155. The first-order valence-electron chi connectivity index (χ1n) is 7.01. The van der Waals surface area contributed by atoms with Crippen molar-refractivity contribution in [1.82, 2.24) is 10.2 Å². The van der Waals surface area contributed by atoms with Crippen LogP contribution in [0.25, 0.3) is 0 Å². The van der Waals surface area contributed by atoms with Crippen LogP contribution in [0.15, 0.2) is 0 Å². The van der Waals surface area contributed by atoms with Gasteiger partial charge in [-0.15, -0.1) is 0 Å². The van der Waals surface area contributed by atoms with Crippen LogP contribution in [0.2, 0.25) is 0 Å². The molecule has 0 bridgehead atoms. The molecule has 104 valence electrons. The molecule has 2 aliphatic rings. The lowest BCUT2D eigenvalue weighted by atomic mass is 9.59. The van der Waals surface area contributed by atoms with E-state index in [2.05, 4.69) is 5.32 Å². The van der Waals surface area contributed by atoms with E-state index in [1.165, 1.54) is 12.8 Å². The molecule has 1 saturated heterocycles. The zero-order valence-corrected chi connectivity index (χ0v) is 12.1. The molecule has 4 nitrogen and oxygen atoms in total. The fourth-order valence-electron chi connectivity index (χ4n) is 3.21. The van der Waals surface area contributed by atoms with Crippen LogP contribution in [-0.2, 0) is 4.74 Å². The van der Waals surface area contributed by atoms with Crippen LogP contribution in [0.4, 0.5) is 4.79 Å². The van der Waals surface area contributed by atoms with Crippen molar-refractivity contribution in [3.63, 3.8) is 0 Å². The number of rotatable bonds is 1. The number of likely N-dealkylation sites (tertiary alicyclic amines) is 1. The van der Waals surface area contributed by atoms with Crippen LogP contribution >= 0.6 is 0 Å². The Bertz CT molecular complexity index is 312. The van der Waals surface area contributed by atoms with Crippen molar-refractivity contribution in [1.29, 1.82) is 0 Å². The molecule has 0 aromatic heterocycles. The highest BCUT2D eigenvalue weighted by Crippen LogP contribution is 2.49. The average Bonchev–Trinajstić information content (AvgIpc) is 2.26. The molecule has 1 aliphatic carbocycles. The fraction of sp³-hybridized carbons (Fsp3) is 0.929. The van der Waals surface area contributed by atoms with Gasteiger partial charge in [-0.2, -0.15) is 0 Å². The number of carbonyl (C=O) groups is 1. The van der Waals surface area contributed by atoms with Gasteiger partial charge in [0, 0.05) is 19.1 Å². The maximum absolute atomic E-state index is 12.0. The number of nitrogens with one attached hydrogen (secondary N) is 1. The first-order chi connectivity index (χ1) is 8.36. The number of piperidine rings is 1. The highest BCUT2D eigenvalue weighted by atomic mass is 16.6. The van der Waals surface area contributed by atoms with Crippen molar-refractivity contribution >= 4 is 6.09 Å². The molecule has 1 spiro atoms. The maximum Gasteiger partial charge on any atom is 0.410 e. The monoisotopic (exact) mass is 254 g/mol. The summed E-state index contributed by atoms with van der Waals surface area (Å²) in [7, 11) is 2.05. The lowest BCUT2D eigenvalue weighted by molar-refractivity contribution is -0.0217. The van der Waals surface area contributed by atoms with Crippen molar-refractivity contribution in [2.24, 2.45) is 5.41 Å². The van der Waals surface area contributed by atoms with Crippen LogP contribution in [0.3, 0.4) is 0 Å². The van der Waals surface area contributed by atoms with Gasteiger partial charge in [-0.05, 0) is 58.9 Å². The first-order valence-corrected chi connectivity index (χ1v) is 7.01.